The molecule has 1 unspecified atom stereocenters. The zero-order valence-corrected chi connectivity index (χ0v) is 13.4. The van der Waals surface area contributed by atoms with Crippen molar-refractivity contribution in [3.63, 3.8) is 0 Å². The molecule has 0 bridgehead atoms. The highest BCUT2D eigenvalue weighted by molar-refractivity contribution is 5.28. The van der Waals surface area contributed by atoms with Crippen LogP contribution in [0.2, 0.25) is 0 Å². The summed E-state index contributed by atoms with van der Waals surface area (Å²) in [5.41, 5.74) is 0.739. The standard InChI is InChI=1S/C18H26FNO2/c1-22-16-6-5-15(17(19)9-16)11-20-8-2-7-18(12-20,13-21)10-14-3-4-14/h5-6,9,14,21H,2-4,7-8,10-13H2,1H3. The first-order valence-electron chi connectivity index (χ1n) is 8.30. The molecule has 1 saturated carbocycles. The first-order chi connectivity index (χ1) is 10.6. The zero-order chi connectivity index (χ0) is 15.6. The average molecular weight is 307 g/mol. The summed E-state index contributed by atoms with van der Waals surface area (Å²) in [5, 5.41) is 9.91. The summed E-state index contributed by atoms with van der Waals surface area (Å²) in [6.45, 7) is 2.73. The van der Waals surface area contributed by atoms with Crippen molar-refractivity contribution in [2.75, 3.05) is 26.8 Å². The van der Waals surface area contributed by atoms with E-state index in [4.69, 9.17) is 4.74 Å². The largest absolute Gasteiger partial charge is 0.497 e. The third kappa shape index (κ3) is 3.61. The fourth-order valence-electron chi connectivity index (χ4n) is 3.76. The molecule has 1 heterocycles. The fraction of sp³-hybridized carbons (Fsp3) is 0.667. The van der Waals surface area contributed by atoms with E-state index in [0.29, 0.717) is 17.9 Å². The molecule has 1 aliphatic heterocycles. The van der Waals surface area contributed by atoms with Crippen LogP contribution in [-0.4, -0.2) is 36.8 Å². The molecule has 3 rings (SSSR count). The number of methoxy groups -OCH3 is 1. The maximum Gasteiger partial charge on any atom is 0.131 e. The monoisotopic (exact) mass is 307 g/mol. The van der Waals surface area contributed by atoms with Crippen LogP contribution in [0, 0.1) is 17.2 Å². The Morgan fingerprint density at radius 3 is 2.86 bits per heavy atom. The zero-order valence-electron chi connectivity index (χ0n) is 13.4. The van der Waals surface area contributed by atoms with Gasteiger partial charge < -0.3 is 9.84 Å². The number of hydrogen-bond donors (Lipinski definition) is 1. The van der Waals surface area contributed by atoms with Gasteiger partial charge in [0, 0.05) is 36.7 Å². The summed E-state index contributed by atoms with van der Waals surface area (Å²) in [4.78, 5) is 2.30. The molecule has 0 amide bonds. The van der Waals surface area contributed by atoms with Crippen LogP contribution in [-0.2, 0) is 6.54 Å². The molecule has 1 aromatic carbocycles. The molecule has 1 aliphatic carbocycles. The lowest BCUT2D eigenvalue weighted by Gasteiger charge is -2.42. The van der Waals surface area contributed by atoms with E-state index in [1.54, 1.807) is 7.11 Å². The highest BCUT2D eigenvalue weighted by atomic mass is 19.1. The molecule has 2 aliphatic rings. The predicted molar refractivity (Wildman–Crippen MR) is 84.3 cm³/mol. The van der Waals surface area contributed by atoms with Gasteiger partial charge in [-0.1, -0.05) is 18.9 Å². The molecule has 0 radical (unpaired) electrons. The van der Waals surface area contributed by atoms with E-state index in [1.807, 2.05) is 12.1 Å². The molecule has 3 nitrogen and oxygen atoms in total. The molecule has 122 valence electrons. The van der Waals surface area contributed by atoms with Gasteiger partial charge in [-0.25, -0.2) is 4.39 Å². The third-order valence-corrected chi connectivity index (χ3v) is 5.15. The molecule has 1 aromatic rings. The van der Waals surface area contributed by atoms with E-state index in [1.165, 1.54) is 18.9 Å². The van der Waals surface area contributed by atoms with Crippen molar-refractivity contribution in [2.24, 2.45) is 11.3 Å². The van der Waals surface area contributed by atoms with E-state index in [2.05, 4.69) is 4.90 Å². The Hall–Kier alpha value is -1.13. The number of halogens is 1. The SMILES string of the molecule is COc1ccc(CN2CCCC(CO)(CC3CC3)C2)c(F)c1. The summed E-state index contributed by atoms with van der Waals surface area (Å²) in [6.07, 6.45) is 5.95. The van der Waals surface area contributed by atoms with E-state index in [0.717, 1.165) is 38.3 Å². The average Bonchev–Trinajstić information content (AvgIpc) is 3.33. The van der Waals surface area contributed by atoms with Crippen molar-refractivity contribution < 1.29 is 14.2 Å². The molecular weight excluding hydrogens is 281 g/mol. The second-order valence-electron chi connectivity index (χ2n) is 7.08. The second-order valence-corrected chi connectivity index (χ2v) is 7.08. The molecule has 22 heavy (non-hydrogen) atoms. The van der Waals surface area contributed by atoms with Gasteiger partial charge in [0.05, 0.1) is 7.11 Å². The maximum atomic E-state index is 14.1. The van der Waals surface area contributed by atoms with Gasteiger partial charge in [-0.2, -0.15) is 0 Å². The number of rotatable bonds is 6. The minimum Gasteiger partial charge on any atom is -0.497 e. The topological polar surface area (TPSA) is 32.7 Å². The molecule has 0 spiro atoms. The van der Waals surface area contributed by atoms with Gasteiger partial charge in [0.1, 0.15) is 11.6 Å². The van der Waals surface area contributed by atoms with Crippen molar-refractivity contribution >= 4 is 0 Å². The van der Waals surface area contributed by atoms with Crippen LogP contribution < -0.4 is 4.74 Å². The summed E-state index contributed by atoms with van der Waals surface area (Å²) in [7, 11) is 1.55. The minimum absolute atomic E-state index is 0.0301. The lowest BCUT2D eigenvalue weighted by atomic mass is 9.76. The van der Waals surface area contributed by atoms with Crippen LogP contribution in [0.5, 0.6) is 5.75 Å². The summed E-state index contributed by atoms with van der Waals surface area (Å²) in [5.74, 6) is 1.16. The van der Waals surface area contributed by atoms with Gasteiger partial charge in [-0.05, 0) is 37.8 Å². The van der Waals surface area contributed by atoms with Crippen molar-refractivity contribution in [1.82, 2.24) is 4.90 Å². The Balaban J connectivity index is 1.66. The van der Waals surface area contributed by atoms with Crippen molar-refractivity contribution in [3.8, 4) is 5.75 Å². The van der Waals surface area contributed by atoms with Crippen molar-refractivity contribution in [2.45, 2.75) is 38.6 Å². The highest BCUT2D eigenvalue weighted by Gasteiger charge is 2.39. The molecular formula is C18H26FNO2. The number of aliphatic hydroxyl groups is 1. The van der Waals surface area contributed by atoms with Gasteiger partial charge >= 0.3 is 0 Å². The number of hydrogen-bond acceptors (Lipinski definition) is 3. The van der Waals surface area contributed by atoms with Gasteiger partial charge in [0.15, 0.2) is 0 Å². The Bertz CT molecular complexity index is 518. The first kappa shape index (κ1) is 15.8. The van der Waals surface area contributed by atoms with Crippen LogP contribution in [0.25, 0.3) is 0 Å². The molecule has 1 saturated heterocycles. The second kappa shape index (κ2) is 6.55. The first-order valence-corrected chi connectivity index (χ1v) is 8.30. The van der Waals surface area contributed by atoms with E-state index >= 15 is 0 Å². The van der Waals surface area contributed by atoms with Crippen LogP contribution in [0.4, 0.5) is 4.39 Å². The molecule has 2 fully saturated rings. The number of likely N-dealkylation sites (tertiary alicyclic amines) is 1. The minimum atomic E-state index is -0.207. The van der Waals surface area contributed by atoms with Gasteiger partial charge in [-0.15, -0.1) is 0 Å². The third-order valence-electron chi connectivity index (χ3n) is 5.15. The lowest BCUT2D eigenvalue weighted by molar-refractivity contribution is 0.0176. The van der Waals surface area contributed by atoms with Crippen LogP contribution in [0.1, 0.15) is 37.7 Å². The Kier molecular flexibility index (Phi) is 4.69. The summed E-state index contributed by atoms with van der Waals surface area (Å²) >= 11 is 0. The van der Waals surface area contributed by atoms with Gasteiger partial charge in [0.2, 0.25) is 0 Å². The normalized spacial score (nSPS) is 26.1. The number of nitrogens with zero attached hydrogens (tertiary/aromatic N) is 1. The van der Waals surface area contributed by atoms with Crippen LogP contribution in [0.15, 0.2) is 18.2 Å². The number of benzene rings is 1. The number of piperidine rings is 1. The molecule has 1 atom stereocenters. The number of aliphatic hydroxyl groups excluding tert-OH is 1. The fourth-order valence-corrected chi connectivity index (χ4v) is 3.76. The quantitative estimate of drug-likeness (QED) is 0.876. The van der Waals surface area contributed by atoms with Crippen LogP contribution in [0.3, 0.4) is 0 Å². The van der Waals surface area contributed by atoms with Crippen LogP contribution >= 0.6 is 0 Å². The smallest absolute Gasteiger partial charge is 0.131 e. The Morgan fingerprint density at radius 1 is 1.41 bits per heavy atom. The molecule has 0 aromatic heterocycles. The maximum absolute atomic E-state index is 14.1. The number of ether oxygens (including phenoxy) is 1. The van der Waals surface area contributed by atoms with Crippen molar-refractivity contribution in [3.05, 3.63) is 29.6 Å². The Labute approximate surface area is 132 Å². The summed E-state index contributed by atoms with van der Waals surface area (Å²) in [6, 6.07) is 5.07. The molecule has 4 heteroatoms. The van der Waals surface area contributed by atoms with Crippen molar-refractivity contribution in [1.29, 1.82) is 0 Å². The van der Waals surface area contributed by atoms with Gasteiger partial charge in [-0.3, -0.25) is 4.90 Å². The van der Waals surface area contributed by atoms with Gasteiger partial charge in [0.25, 0.3) is 0 Å². The van der Waals surface area contributed by atoms with E-state index in [9.17, 15) is 9.50 Å². The molecule has 1 N–H and O–H groups in total. The Morgan fingerprint density at radius 2 is 2.23 bits per heavy atom. The lowest BCUT2D eigenvalue weighted by Crippen LogP contribution is -2.45. The summed E-state index contributed by atoms with van der Waals surface area (Å²) < 4.78 is 19.2. The predicted octanol–water partition coefficient (Wildman–Crippen LogP) is 3.21. The van der Waals surface area contributed by atoms with E-state index < -0.39 is 0 Å². The highest BCUT2D eigenvalue weighted by Crippen LogP contribution is 2.44. The van der Waals surface area contributed by atoms with E-state index in [-0.39, 0.29) is 17.8 Å².